The molecule has 0 aliphatic carbocycles. The predicted octanol–water partition coefficient (Wildman–Crippen LogP) is 18.5. The summed E-state index contributed by atoms with van der Waals surface area (Å²) in [6.45, 7) is 0. The van der Waals surface area contributed by atoms with E-state index >= 15 is 0 Å². The van der Waals surface area contributed by atoms with E-state index in [0.29, 0.717) is 0 Å². The van der Waals surface area contributed by atoms with Gasteiger partial charge in [0.2, 0.25) is 0 Å². The standard InChI is InChI=1S/C66H44N2O/c1-3-15-47(16-4-1)56-42-35-51(44-62(56)48-17-5-2-6-18-48)46-31-38-53(39-32-46)67(54-40-33-49(34-41-54)57-24-14-25-61-60-23-9-12-28-65(60)69-66(57)61)52-36-29-45(30-37-52)50-19-13-20-55(43-50)68-63-26-10-7-21-58(63)59-22-8-11-27-64(59)68/h1-44H. The summed E-state index contributed by atoms with van der Waals surface area (Å²) in [5.41, 5.74) is 20.2. The molecule has 324 valence electrons. The predicted molar refractivity (Wildman–Crippen MR) is 290 cm³/mol. The quantitative estimate of drug-likeness (QED) is 0.144. The van der Waals surface area contributed by atoms with Crippen molar-refractivity contribution in [2.24, 2.45) is 0 Å². The molecule has 3 nitrogen and oxygen atoms in total. The summed E-state index contributed by atoms with van der Waals surface area (Å²) < 4.78 is 8.85. The molecule has 13 rings (SSSR count). The largest absolute Gasteiger partial charge is 0.455 e. The van der Waals surface area contributed by atoms with Crippen LogP contribution < -0.4 is 4.90 Å². The average molecular weight is 881 g/mol. The Bertz CT molecular complexity index is 3930. The first-order valence-electron chi connectivity index (χ1n) is 23.6. The van der Waals surface area contributed by atoms with Gasteiger partial charge in [0.15, 0.2) is 0 Å². The molecule has 0 saturated heterocycles. The van der Waals surface area contributed by atoms with Gasteiger partial charge in [0.25, 0.3) is 0 Å². The molecule has 2 heterocycles. The number of aromatic nitrogens is 1. The third-order valence-electron chi connectivity index (χ3n) is 13.6. The first-order valence-corrected chi connectivity index (χ1v) is 23.6. The van der Waals surface area contributed by atoms with Crippen LogP contribution in [0.3, 0.4) is 0 Å². The molecule has 11 aromatic carbocycles. The number of nitrogens with zero attached hydrogens (tertiary/aromatic N) is 2. The van der Waals surface area contributed by atoms with Crippen molar-refractivity contribution in [1.82, 2.24) is 4.57 Å². The Kier molecular flexibility index (Phi) is 9.84. The van der Waals surface area contributed by atoms with Gasteiger partial charge in [-0.2, -0.15) is 0 Å². The highest BCUT2D eigenvalue weighted by Gasteiger charge is 2.18. The van der Waals surface area contributed by atoms with E-state index in [0.717, 1.165) is 72.5 Å². The van der Waals surface area contributed by atoms with Gasteiger partial charge in [-0.25, -0.2) is 0 Å². The molecule has 3 heteroatoms. The van der Waals surface area contributed by atoms with Crippen molar-refractivity contribution in [2.45, 2.75) is 0 Å². The Morgan fingerprint density at radius 3 is 1.35 bits per heavy atom. The first kappa shape index (κ1) is 40.1. The zero-order valence-corrected chi connectivity index (χ0v) is 37.7. The van der Waals surface area contributed by atoms with Crippen LogP contribution in [0.5, 0.6) is 0 Å². The van der Waals surface area contributed by atoms with Crippen molar-refractivity contribution in [3.05, 3.63) is 267 Å². The van der Waals surface area contributed by atoms with E-state index in [4.69, 9.17) is 4.42 Å². The van der Waals surface area contributed by atoms with Gasteiger partial charge in [-0.3, -0.25) is 0 Å². The molecule has 0 atom stereocenters. The highest BCUT2D eigenvalue weighted by atomic mass is 16.3. The SMILES string of the molecule is c1ccc(-c2ccc(-c3ccc(N(c4ccc(-c5cccc(-n6c7ccccc7c7ccccc76)c5)cc4)c4ccc(-c5cccc6c5oc5ccccc56)cc4)cc3)cc2-c2ccccc2)cc1. The van der Waals surface area contributed by atoms with E-state index in [1.54, 1.807) is 0 Å². The second-order valence-corrected chi connectivity index (χ2v) is 17.7. The van der Waals surface area contributed by atoms with E-state index in [2.05, 4.69) is 264 Å². The van der Waals surface area contributed by atoms with Crippen LogP contribution >= 0.6 is 0 Å². The lowest BCUT2D eigenvalue weighted by molar-refractivity contribution is 0.670. The smallest absolute Gasteiger partial charge is 0.143 e. The van der Waals surface area contributed by atoms with Crippen molar-refractivity contribution in [3.63, 3.8) is 0 Å². The van der Waals surface area contributed by atoms with Crippen molar-refractivity contribution in [1.29, 1.82) is 0 Å². The lowest BCUT2D eigenvalue weighted by Crippen LogP contribution is -2.09. The Balaban J connectivity index is 0.883. The average Bonchev–Trinajstić information content (AvgIpc) is 3.98. The summed E-state index contributed by atoms with van der Waals surface area (Å²) in [5.74, 6) is 0. The molecular formula is C66H44N2O. The van der Waals surface area contributed by atoms with Crippen LogP contribution in [0.25, 0.3) is 105 Å². The van der Waals surface area contributed by atoms with E-state index in [1.807, 2.05) is 12.1 Å². The number of furan rings is 1. The molecule has 2 aromatic heterocycles. The molecule has 13 aromatic rings. The summed E-state index contributed by atoms with van der Waals surface area (Å²) in [6.07, 6.45) is 0. The minimum Gasteiger partial charge on any atom is -0.455 e. The second kappa shape index (κ2) is 16.9. The summed E-state index contributed by atoms with van der Waals surface area (Å²) in [7, 11) is 0. The highest BCUT2D eigenvalue weighted by Crippen LogP contribution is 2.42. The first-order chi connectivity index (χ1) is 34.2. The zero-order valence-electron chi connectivity index (χ0n) is 37.7. The van der Waals surface area contributed by atoms with E-state index in [9.17, 15) is 0 Å². The van der Waals surface area contributed by atoms with Crippen LogP contribution in [-0.4, -0.2) is 4.57 Å². The fraction of sp³-hybridized carbons (Fsp3) is 0. The number of rotatable bonds is 9. The number of hydrogen-bond donors (Lipinski definition) is 0. The van der Waals surface area contributed by atoms with Crippen molar-refractivity contribution >= 4 is 60.8 Å². The molecule has 0 fully saturated rings. The molecule has 0 aliphatic rings. The summed E-state index contributed by atoms with van der Waals surface area (Å²) >= 11 is 0. The lowest BCUT2D eigenvalue weighted by Gasteiger charge is -2.26. The minimum atomic E-state index is 0.900. The van der Waals surface area contributed by atoms with Gasteiger partial charge in [0.1, 0.15) is 11.2 Å². The van der Waals surface area contributed by atoms with E-state index < -0.39 is 0 Å². The number of fused-ring (bicyclic) bond motifs is 6. The van der Waals surface area contributed by atoms with Crippen LogP contribution in [-0.2, 0) is 0 Å². The number of para-hydroxylation sites is 4. The Morgan fingerprint density at radius 2 is 0.725 bits per heavy atom. The molecule has 69 heavy (non-hydrogen) atoms. The molecular weight excluding hydrogens is 837 g/mol. The molecule has 0 saturated carbocycles. The van der Waals surface area contributed by atoms with Crippen molar-refractivity contribution < 1.29 is 4.42 Å². The maximum absolute atomic E-state index is 6.47. The Morgan fingerprint density at radius 1 is 0.275 bits per heavy atom. The third-order valence-corrected chi connectivity index (χ3v) is 13.6. The van der Waals surface area contributed by atoms with Gasteiger partial charge in [0.05, 0.1) is 11.0 Å². The van der Waals surface area contributed by atoms with Crippen LogP contribution in [0, 0.1) is 0 Å². The number of anilines is 3. The van der Waals surface area contributed by atoms with Gasteiger partial charge in [-0.1, -0.05) is 194 Å². The normalized spacial score (nSPS) is 11.5. The minimum absolute atomic E-state index is 0.900. The fourth-order valence-corrected chi connectivity index (χ4v) is 10.3. The molecule has 0 bridgehead atoms. The molecule has 0 amide bonds. The molecule has 0 unspecified atom stereocenters. The van der Waals surface area contributed by atoms with Gasteiger partial charge in [-0.15, -0.1) is 0 Å². The topological polar surface area (TPSA) is 21.3 Å². The fourth-order valence-electron chi connectivity index (χ4n) is 10.3. The third kappa shape index (κ3) is 7.16. The Hall–Kier alpha value is -9.18. The van der Waals surface area contributed by atoms with E-state index in [-0.39, 0.29) is 0 Å². The van der Waals surface area contributed by atoms with Gasteiger partial charge >= 0.3 is 0 Å². The van der Waals surface area contributed by atoms with Crippen molar-refractivity contribution in [3.8, 4) is 61.3 Å². The lowest BCUT2D eigenvalue weighted by atomic mass is 9.91. The van der Waals surface area contributed by atoms with Crippen LogP contribution in [0.2, 0.25) is 0 Å². The maximum Gasteiger partial charge on any atom is 0.143 e. The van der Waals surface area contributed by atoms with Crippen LogP contribution in [0.4, 0.5) is 17.1 Å². The zero-order chi connectivity index (χ0) is 45.7. The Labute approximate surface area is 401 Å². The molecule has 0 spiro atoms. The number of benzene rings is 11. The van der Waals surface area contributed by atoms with Gasteiger partial charge < -0.3 is 13.9 Å². The number of hydrogen-bond acceptors (Lipinski definition) is 2. The van der Waals surface area contributed by atoms with Crippen LogP contribution in [0.1, 0.15) is 0 Å². The van der Waals surface area contributed by atoms with Crippen LogP contribution in [0.15, 0.2) is 271 Å². The maximum atomic E-state index is 6.47. The summed E-state index contributed by atoms with van der Waals surface area (Å²) in [6, 6.07) is 96.0. The van der Waals surface area contributed by atoms with E-state index in [1.165, 1.54) is 49.6 Å². The highest BCUT2D eigenvalue weighted by molar-refractivity contribution is 6.10. The van der Waals surface area contributed by atoms with Crippen molar-refractivity contribution in [2.75, 3.05) is 4.90 Å². The summed E-state index contributed by atoms with van der Waals surface area (Å²) in [5, 5.41) is 4.77. The monoisotopic (exact) mass is 880 g/mol. The molecule has 0 radical (unpaired) electrons. The summed E-state index contributed by atoms with van der Waals surface area (Å²) in [4.78, 5) is 2.35. The molecule has 0 N–H and O–H groups in total. The second-order valence-electron chi connectivity index (χ2n) is 17.7. The molecule has 0 aliphatic heterocycles. The van der Waals surface area contributed by atoms with Gasteiger partial charge in [0, 0.05) is 49.9 Å². The van der Waals surface area contributed by atoms with Gasteiger partial charge in [-0.05, 0) is 123 Å².